The van der Waals surface area contributed by atoms with Crippen molar-refractivity contribution in [3.05, 3.63) is 62.8 Å². The number of thiazole rings is 1. The molecule has 0 spiro atoms. The van der Waals surface area contributed by atoms with E-state index in [1.165, 1.54) is 17.4 Å². The highest BCUT2D eigenvalue weighted by atomic mass is 32.1. The van der Waals surface area contributed by atoms with Gasteiger partial charge in [-0.2, -0.15) is 0 Å². The first kappa shape index (κ1) is 15.8. The van der Waals surface area contributed by atoms with Gasteiger partial charge in [-0.05, 0) is 37.3 Å². The number of aryl methyl sites for hydroxylation is 1. The van der Waals surface area contributed by atoms with E-state index in [4.69, 9.17) is 0 Å². The zero-order valence-corrected chi connectivity index (χ0v) is 13.7. The number of nitrogens with one attached hydrogen (secondary N) is 1. The van der Waals surface area contributed by atoms with Gasteiger partial charge >= 0.3 is 0 Å². The van der Waals surface area contributed by atoms with E-state index < -0.39 is 17.5 Å². The lowest BCUT2D eigenvalue weighted by molar-refractivity contribution is 0.0950. The van der Waals surface area contributed by atoms with Gasteiger partial charge in [0.2, 0.25) is 0 Å². The van der Waals surface area contributed by atoms with Crippen LogP contribution in [0.15, 0.2) is 35.7 Å². The van der Waals surface area contributed by atoms with Gasteiger partial charge < -0.3 is 5.32 Å². The van der Waals surface area contributed by atoms with E-state index in [-0.39, 0.29) is 5.56 Å². The molecule has 0 saturated carbocycles. The van der Waals surface area contributed by atoms with Crippen LogP contribution in [0.3, 0.4) is 0 Å². The van der Waals surface area contributed by atoms with Crippen molar-refractivity contribution in [2.75, 3.05) is 0 Å². The summed E-state index contributed by atoms with van der Waals surface area (Å²) < 4.78 is 26.0. The topological polar surface area (TPSA) is 42.0 Å². The molecule has 0 unspecified atom stereocenters. The maximum absolute atomic E-state index is 13.1. The highest BCUT2D eigenvalue weighted by Gasteiger charge is 2.11. The van der Waals surface area contributed by atoms with Gasteiger partial charge in [-0.1, -0.05) is 0 Å². The molecule has 0 bridgehead atoms. The number of aromatic nitrogens is 1. The molecule has 0 aliphatic rings. The van der Waals surface area contributed by atoms with Crippen LogP contribution in [0.5, 0.6) is 0 Å². The Kier molecular flexibility index (Phi) is 4.49. The highest BCUT2D eigenvalue weighted by Crippen LogP contribution is 2.28. The summed E-state index contributed by atoms with van der Waals surface area (Å²) in [7, 11) is 0. The summed E-state index contributed by atoms with van der Waals surface area (Å²) in [6, 6.07) is 6.96. The molecule has 0 aliphatic heterocycles. The summed E-state index contributed by atoms with van der Waals surface area (Å²) in [6.45, 7) is 2.27. The van der Waals surface area contributed by atoms with Crippen molar-refractivity contribution in [3.8, 4) is 10.6 Å². The Morgan fingerprint density at radius 1 is 1.22 bits per heavy atom. The minimum absolute atomic E-state index is 0.0933. The normalized spacial score (nSPS) is 10.7. The number of benzene rings is 1. The quantitative estimate of drug-likeness (QED) is 0.758. The molecule has 0 atom stereocenters. The number of carbonyl (C=O) groups excluding carboxylic acids is 1. The second kappa shape index (κ2) is 6.55. The molecule has 7 heteroatoms. The molecule has 2 aromatic heterocycles. The lowest BCUT2D eigenvalue weighted by Gasteiger charge is -2.04. The molecule has 1 N–H and O–H groups in total. The van der Waals surface area contributed by atoms with Gasteiger partial charge in [0.15, 0.2) is 11.6 Å². The largest absolute Gasteiger partial charge is 0.347 e. The molecular weight excluding hydrogens is 338 g/mol. The van der Waals surface area contributed by atoms with Gasteiger partial charge in [0.05, 0.1) is 22.1 Å². The van der Waals surface area contributed by atoms with Gasteiger partial charge in [-0.15, -0.1) is 22.7 Å². The molecule has 0 saturated heterocycles. The summed E-state index contributed by atoms with van der Waals surface area (Å²) in [5.74, 6) is -2.44. The maximum atomic E-state index is 13.1. The molecular formula is C16H12F2N2OS2. The van der Waals surface area contributed by atoms with Crippen LogP contribution in [-0.4, -0.2) is 10.9 Å². The third kappa shape index (κ3) is 3.62. The Morgan fingerprint density at radius 2 is 2.04 bits per heavy atom. The van der Waals surface area contributed by atoms with Crippen LogP contribution in [0, 0.1) is 18.6 Å². The van der Waals surface area contributed by atoms with E-state index in [0.29, 0.717) is 6.54 Å². The molecule has 1 amide bonds. The van der Waals surface area contributed by atoms with Gasteiger partial charge in [0, 0.05) is 15.8 Å². The number of rotatable bonds is 4. The zero-order chi connectivity index (χ0) is 16.4. The Balaban J connectivity index is 1.65. The van der Waals surface area contributed by atoms with Crippen LogP contribution in [0.2, 0.25) is 0 Å². The predicted octanol–water partition coefficient (Wildman–Crippen LogP) is 4.39. The molecule has 3 aromatic rings. The van der Waals surface area contributed by atoms with Gasteiger partial charge in [0.25, 0.3) is 5.91 Å². The van der Waals surface area contributed by atoms with E-state index in [0.717, 1.165) is 32.6 Å². The fourth-order valence-electron chi connectivity index (χ4n) is 1.99. The SMILES string of the molecule is Cc1nc(-c2ccc(CNC(=O)c3ccc(F)c(F)c3)s2)cs1. The summed E-state index contributed by atoms with van der Waals surface area (Å²) in [5, 5.41) is 5.69. The molecule has 0 aliphatic carbocycles. The smallest absolute Gasteiger partial charge is 0.251 e. The van der Waals surface area contributed by atoms with Crippen LogP contribution >= 0.6 is 22.7 Å². The van der Waals surface area contributed by atoms with Crippen molar-refractivity contribution < 1.29 is 13.6 Å². The van der Waals surface area contributed by atoms with Gasteiger partial charge in [-0.25, -0.2) is 13.8 Å². The van der Waals surface area contributed by atoms with Crippen molar-refractivity contribution in [3.63, 3.8) is 0 Å². The molecule has 0 fully saturated rings. The second-order valence-electron chi connectivity index (χ2n) is 4.83. The Labute approximate surface area is 139 Å². The van der Waals surface area contributed by atoms with Crippen molar-refractivity contribution in [2.45, 2.75) is 13.5 Å². The van der Waals surface area contributed by atoms with E-state index >= 15 is 0 Å². The summed E-state index contributed by atoms with van der Waals surface area (Å²) in [6.07, 6.45) is 0. The number of hydrogen-bond donors (Lipinski definition) is 1. The molecule has 118 valence electrons. The van der Waals surface area contributed by atoms with Crippen molar-refractivity contribution in [1.29, 1.82) is 0 Å². The second-order valence-corrected chi connectivity index (χ2v) is 7.06. The number of hydrogen-bond acceptors (Lipinski definition) is 4. The molecule has 3 nitrogen and oxygen atoms in total. The highest BCUT2D eigenvalue weighted by molar-refractivity contribution is 7.16. The van der Waals surface area contributed by atoms with Gasteiger partial charge in [-0.3, -0.25) is 4.79 Å². The average molecular weight is 350 g/mol. The Morgan fingerprint density at radius 3 is 2.74 bits per heavy atom. The molecule has 0 radical (unpaired) electrons. The Bertz CT molecular complexity index is 857. The minimum atomic E-state index is -1.03. The summed E-state index contributed by atoms with van der Waals surface area (Å²) in [5.41, 5.74) is 1.02. The number of thiophene rings is 1. The van der Waals surface area contributed by atoms with E-state index in [1.807, 2.05) is 24.4 Å². The fourth-order valence-corrected chi connectivity index (χ4v) is 3.59. The van der Waals surface area contributed by atoms with E-state index in [2.05, 4.69) is 10.3 Å². The molecule has 23 heavy (non-hydrogen) atoms. The van der Waals surface area contributed by atoms with Crippen molar-refractivity contribution in [1.82, 2.24) is 10.3 Å². The molecule has 2 heterocycles. The monoisotopic (exact) mass is 350 g/mol. The van der Waals surface area contributed by atoms with Crippen LogP contribution < -0.4 is 5.32 Å². The number of nitrogens with zero attached hydrogens (tertiary/aromatic N) is 1. The lowest BCUT2D eigenvalue weighted by atomic mass is 10.2. The third-order valence-electron chi connectivity index (χ3n) is 3.14. The van der Waals surface area contributed by atoms with E-state index in [1.54, 1.807) is 11.3 Å². The van der Waals surface area contributed by atoms with E-state index in [9.17, 15) is 13.6 Å². The first-order valence-electron chi connectivity index (χ1n) is 6.77. The first-order valence-corrected chi connectivity index (χ1v) is 8.47. The number of halogens is 2. The number of amides is 1. The first-order chi connectivity index (χ1) is 11.0. The number of carbonyl (C=O) groups is 1. The summed E-state index contributed by atoms with van der Waals surface area (Å²) in [4.78, 5) is 18.4. The average Bonchev–Trinajstić information content (AvgIpc) is 3.16. The third-order valence-corrected chi connectivity index (χ3v) is 5.02. The van der Waals surface area contributed by atoms with Crippen LogP contribution in [0.25, 0.3) is 10.6 Å². The maximum Gasteiger partial charge on any atom is 0.251 e. The van der Waals surface area contributed by atoms with Crippen molar-refractivity contribution in [2.24, 2.45) is 0 Å². The van der Waals surface area contributed by atoms with Crippen molar-refractivity contribution >= 4 is 28.6 Å². The van der Waals surface area contributed by atoms with Crippen LogP contribution in [0.1, 0.15) is 20.2 Å². The Hall–Kier alpha value is -2.12. The summed E-state index contributed by atoms with van der Waals surface area (Å²) >= 11 is 3.12. The van der Waals surface area contributed by atoms with Crippen LogP contribution in [-0.2, 0) is 6.54 Å². The lowest BCUT2D eigenvalue weighted by Crippen LogP contribution is -2.22. The van der Waals surface area contributed by atoms with Gasteiger partial charge in [0.1, 0.15) is 0 Å². The molecule has 3 rings (SSSR count). The van der Waals surface area contributed by atoms with Crippen LogP contribution in [0.4, 0.5) is 8.78 Å². The predicted molar refractivity (Wildman–Crippen MR) is 87.7 cm³/mol. The zero-order valence-electron chi connectivity index (χ0n) is 12.1. The standard InChI is InChI=1S/C16H12F2N2OS2/c1-9-20-14(8-22-9)15-5-3-11(23-15)7-19-16(21)10-2-4-12(17)13(18)6-10/h2-6,8H,7H2,1H3,(H,19,21). The fraction of sp³-hybridized carbons (Fsp3) is 0.125. The molecule has 1 aromatic carbocycles. The minimum Gasteiger partial charge on any atom is -0.347 e.